The number of carbonyl (C=O) groups excluding carboxylic acids is 1. The molecule has 0 bridgehead atoms. The third-order valence-corrected chi connectivity index (χ3v) is 5.73. The van der Waals surface area contributed by atoms with Gasteiger partial charge in [0.2, 0.25) is 0 Å². The van der Waals surface area contributed by atoms with Gasteiger partial charge in [0.05, 0.1) is 17.0 Å². The van der Waals surface area contributed by atoms with Gasteiger partial charge in [-0.2, -0.15) is 0 Å². The SMILES string of the molecule is CC(NC(=O)c1ccc(S(=O)(=O)Nc2ccccc2)cc1)C1CCCO1. The first-order valence-electron chi connectivity index (χ1n) is 8.56. The molecule has 2 atom stereocenters. The zero-order valence-electron chi connectivity index (χ0n) is 14.5. The van der Waals surface area contributed by atoms with E-state index in [1.165, 1.54) is 24.3 Å². The number of hydrogen-bond acceptors (Lipinski definition) is 4. The van der Waals surface area contributed by atoms with Crippen LogP contribution >= 0.6 is 0 Å². The van der Waals surface area contributed by atoms with Crippen molar-refractivity contribution >= 4 is 21.6 Å². The monoisotopic (exact) mass is 374 g/mol. The Hall–Kier alpha value is -2.38. The second-order valence-electron chi connectivity index (χ2n) is 6.31. The van der Waals surface area contributed by atoms with E-state index in [0.29, 0.717) is 11.3 Å². The summed E-state index contributed by atoms with van der Waals surface area (Å²) in [6, 6.07) is 14.4. The second-order valence-corrected chi connectivity index (χ2v) is 7.99. The summed E-state index contributed by atoms with van der Waals surface area (Å²) in [4.78, 5) is 12.4. The average Bonchev–Trinajstić information content (AvgIpc) is 3.17. The summed E-state index contributed by atoms with van der Waals surface area (Å²) >= 11 is 0. The molecule has 26 heavy (non-hydrogen) atoms. The normalized spacial score (nSPS) is 18.3. The number of carbonyl (C=O) groups is 1. The Kier molecular flexibility index (Phi) is 5.58. The van der Waals surface area contributed by atoms with Crippen LogP contribution in [0.15, 0.2) is 59.5 Å². The maximum Gasteiger partial charge on any atom is 0.261 e. The van der Waals surface area contributed by atoms with Gasteiger partial charge in [-0.3, -0.25) is 9.52 Å². The molecule has 1 aliphatic heterocycles. The maximum atomic E-state index is 12.4. The van der Waals surface area contributed by atoms with Gasteiger partial charge in [0, 0.05) is 17.9 Å². The minimum atomic E-state index is -3.69. The van der Waals surface area contributed by atoms with Crippen LogP contribution in [0.25, 0.3) is 0 Å². The number of anilines is 1. The van der Waals surface area contributed by atoms with E-state index in [1.54, 1.807) is 24.3 Å². The van der Waals surface area contributed by atoms with E-state index in [1.807, 2.05) is 13.0 Å². The largest absolute Gasteiger partial charge is 0.376 e. The minimum absolute atomic E-state index is 0.0358. The lowest BCUT2D eigenvalue weighted by atomic mass is 10.1. The van der Waals surface area contributed by atoms with Crippen molar-refractivity contribution < 1.29 is 17.9 Å². The fraction of sp³-hybridized carbons (Fsp3) is 0.316. The van der Waals surface area contributed by atoms with Crippen LogP contribution < -0.4 is 10.0 Å². The van der Waals surface area contributed by atoms with Gasteiger partial charge in [-0.15, -0.1) is 0 Å². The van der Waals surface area contributed by atoms with Crippen molar-refractivity contribution in [1.29, 1.82) is 0 Å². The fourth-order valence-corrected chi connectivity index (χ4v) is 3.94. The van der Waals surface area contributed by atoms with Crippen LogP contribution in [0, 0.1) is 0 Å². The second kappa shape index (κ2) is 7.88. The zero-order valence-corrected chi connectivity index (χ0v) is 15.3. The number of ether oxygens (including phenoxy) is 1. The lowest BCUT2D eigenvalue weighted by molar-refractivity contribution is 0.0712. The number of amides is 1. The van der Waals surface area contributed by atoms with Gasteiger partial charge in [-0.1, -0.05) is 18.2 Å². The van der Waals surface area contributed by atoms with E-state index in [0.717, 1.165) is 19.4 Å². The Bertz CT molecular complexity index is 845. The zero-order chi connectivity index (χ0) is 18.6. The molecule has 2 N–H and O–H groups in total. The van der Waals surface area contributed by atoms with E-state index < -0.39 is 10.0 Å². The highest BCUT2D eigenvalue weighted by atomic mass is 32.2. The molecular formula is C19H22N2O4S. The minimum Gasteiger partial charge on any atom is -0.376 e. The van der Waals surface area contributed by atoms with Crippen molar-refractivity contribution in [1.82, 2.24) is 5.32 Å². The van der Waals surface area contributed by atoms with Crippen molar-refractivity contribution in [3.63, 3.8) is 0 Å². The Balaban J connectivity index is 1.66. The number of nitrogens with one attached hydrogen (secondary N) is 2. The van der Waals surface area contributed by atoms with Gasteiger partial charge in [0.25, 0.3) is 15.9 Å². The number of rotatable bonds is 6. The molecule has 0 aromatic heterocycles. The lowest BCUT2D eigenvalue weighted by Crippen LogP contribution is -2.40. The van der Waals surface area contributed by atoms with Crippen molar-refractivity contribution in [3.05, 3.63) is 60.2 Å². The van der Waals surface area contributed by atoms with Crippen LogP contribution in [0.3, 0.4) is 0 Å². The van der Waals surface area contributed by atoms with Crippen LogP contribution in [0.5, 0.6) is 0 Å². The Morgan fingerprint density at radius 2 is 1.81 bits per heavy atom. The highest BCUT2D eigenvalue weighted by Crippen LogP contribution is 2.18. The Morgan fingerprint density at radius 3 is 2.42 bits per heavy atom. The smallest absolute Gasteiger partial charge is 0.261 e. The van der Waals surface area contributed by atoms with Crippen molar-refractivity contribution in [2.24, 2.45) is 0 Å². The van der Waals surface area contributed by atoms with Crippen LogP contribution in [0.1, 0.15) is 30.1 Å². The van der Waals surface area contributed by atoms with E-state index in [-0.39, 0.29) is 22.9 Å². The van der Waals surface area contributed by atoms with Crippen LogP contribution in [0.4, 0.5) is 5.69 Å². The Morgan fingerprint density at radius 1 is 1.12 bits per heavy atom. The number of hydrogen-bond donors (Lipinski definition) is 2. The van der Waals surface area contributed by atoms with E-state index >= 15 is 0 Å². The first-order chi connectivity index (χ1) is 12.5. The molecule has 138 valence electrons. The molecule has 6 nitrogen and oxygen atoms in total. The van der Waals surface area contributed by atoms with E-state index in [9.17, 15) is 13.2 Å². The van der Waals surface area contributed by atoms with E-state index in [4.69, 9.17) is 4.74 Å². The predicted octanol–water partition coefficient (Wildman–Crippen LogP) is 2.78. The predicted molar refractivity (Wildman–Crippen MR) is 99.6 cm³/mol. The summed E-state index contributed by atoms with van der Waals surface area (Å²) in [6.45, 7) is 2.64. The van der Waals surface area contributed by atoms with Gasteiger partial charge in [-0.05, 0) is 56.2 Å². The highest BCUT2D eigenvalue weighted by molar-refractivity contribution is 7.92. The average molecular weight is 374 g/mol. The molecule has 3 rings (SSSR count). The number of sulfonamides is 1. The standard InChI is InChI=1S/C19H22N2O4S/c1-14(18-8-5-13-25-18)20-19(22)15-9-11-17(12-10-15)26(23,24)21-16-6-3-2-4-7-16/h2-4,6-7,9-12,14,18,21H,5,8,13H2,1H3,(H,20,22). The van der Waals surface area contributed by atoms with Crippen LogP contribution in [-0.2, 0) is 14.8 Å². The summed E-state index contributed by atoms with van der Waals surface area (Å²) in [5.41, 5.74) is 0.896. The molecule has 1 heterocycles. The molecule has 1 saturated heterocycles. The summed E-state index contributed by atoms with van der Waals surface area (Å²) in [5.74, 6) is -0.243. The van der Waals surface area contributed by atoms with Gasteiger partial charge in [0.1, 0.15) is 0 Å². The molecule has 1 aliphatic rings. The summed E-state index contributed by atoms with van der Waals surface area (Å²) in [7, 11) is -3.69. The van der Waals surface area contributed by atoms with Crippen molar-refractivity contribution in [2.45, 2.75) is 36.8 Å². The molecule has 0 saturated carbocycles. The molecule has 0 aliphatic carbocycles. The maximum absolute atomic E-state index is 12.4. The molecule has 1 amide bonds. The Labute approximate surface area is 153 Å². The molecule has 2 aromatic carbocycles. The quantitative estimate of drug-likeness (QED) is 0.814. The van der Waals surface area contributed by atoms with E-state index in [2.05, 4.69) is 10.0 Å². The lowest BCUT2D eigenvalue weighted by Gasteiger charge is -2.20. The topological polar surface area (TPSA) is 84.5 Å². The number of benzene rings is 2. The summed E-state index contributed by atoms with van der Waals surface area (Å²) < 4.78 is 32.9. The molecule has 2 aromatic rings. The third-order valence-electron chi connectivity index (χ3n) is 4.33. The van der Waals surface area contributed by atoms with Gasteiger partial charge < -0.3 is 10.1 Å². The number of para-hydroxylation sites is 1. The molecule has 0 radical (unpaired) electrons. The third kappa shape index (κ3) is 4.42. The van der Waals surface area contributed by atoms with Crippen molar-refractivity contribution in [2.75, 3.05) is 11.3 Å². The summed E-state index contributed by atoms with van der Waals surface area (Å²) in [5, 5.41) is 2.91. The molecule has 1 fully saturated rings. The first kappa shape index (κ1) is 18.4. The summed E-state index contributed by atoms with van der Waals surface area (Å²) in [6.07, 6.45) is 1.98. The fourth-order valence-electron chi connectivity index (χ4n) is 2.89. The first-order valence-corrected chi connectivity index (χ1v) is 10.0. The van der Waals surface area contributed by atoms with Crippen molar-refractivity contribution in [3.8, 4) is 0 Å². The van der Waals surface area contributed by atoms with Gasteiger partial charge in [-0.25, -0.2) is 8.42 Å². The van der Waals surface area contributed by atoms with Gasteiger partial charge in [0.15, 0.2) is 0 Å². The highest BCUT2D eigenvalue weighted by Gasteiger charge is 2.24. The van der Waals surface area contributed by atoms with Gasteiger partial charge >= 0.3 is 0 Å². The molecule has 2 unspecified atom stereocenters. The molecule has 7 heteroatoms. The van der Waals surface area contributed by atoms with Crippen LogP contribution in [0.2, 0.25) is 0 Å². The van der Waals surface area contributed by atoms with Crippen LogP contribution in [-0.4, -0.2) is 33.1 Å². The molecule has 0 spiro atoms. The molecular weight excluding hydrogens is 352 g/mol.